The van der Waals surface area contributed by atoms with Crippen LogP contribution in [0.1, 0.15) is 50.7 Å². The number of fused-ring (bicyclic) bond motifs is 1. The Hall–Kier alpha value is -2.73. The number of aromatic nitrogens is 2. The standard InChI is InChI=1S/C25H31N3O2S/c1-18-10-9-11-19(16-18)25(2,3)17-26-22(29)14-5-4-8-15-28-23(30)20-12-6-7-13-21(20)27-24(28)31/h6-7,9-13,16H,4-5,8,14-15,17H2,1-3H3,(H,26,29)(H,27,31). The fourth-order valence-electron chi connectivity index (χ4n) is 3.71. The van der Waals surface area contributed by atoms with Crippen LogP contribution in [0.3, 0.4) is 0 Å². The van der Waals surface area contributed by atoms with Crippen molar-refractivity contribution in [1.82, 2.24) is 14.9 Å². The molecule has 1 amide bonds. The Kier molecular flexibility index (Phi) is 7.44. The molecule has 164 valence electrons. The summed E-state index contributed by atoms with van der Waals surface area (Å²) in [6.07, 6.45) is 2.94. The SMILES string of the molecule is Cc1cccc(C(C)(C)CNC(=O)CCCCCn2c(=S)[nH]c3ccccc3c2=O)c1. The van der Waals surface area contributed by atoms with Gasteiger partial charge in [0.25, 0.3) is 5.56 Å². The number of rotatable bonds is 9. The summed E-state index contributed by atoms with van der Waals surface area (Å²) in [5.41, 5.74) is 3.04. The number of amides is 1. The lowest BCUT2D eigenvalue weighted by molar-refractivity contribution is -0.121. The monoisotopic (exact) mass is 437 g/mol. The highest BCUT2D eigenvalue weighted by Gasteiger charge is 2.21. The number of hydrogen-bond donors (Lipinski definition) is 2. The van der Waals surface area contributed by atoms with Gasteiger partial charge in [0.1, 0.15) is 0 Å². The topological polar surface area (TPSA) is 66.9 Å². The van der Waals surface area contributed by atoms with Gasteiger partial charge >= 0.3 is 0 Å². The molecule has 0 atom stereocenters. The van der Waals surface area contributed by atoms with E-state index in [1.807, 2.05) is 24.3 Å². The van der Waals surface area contributed by atoms with E-state index in [0.29, 0.717) is 29.7 Å². The maximum atomic E-state index is 12.7. The van der Waals surface area contributed by atoms with E-state index in [2.05, 4.69) is 55.3 Å². The highest BCUT2D eigenvalue weighted by molar-refractivity contribution is 7.71. The van der Waals surface area contributed by atoms with Crippen LogP contribution in [0.25, 0.3) is 10.9 Å². The molecule has 1 aromatic heterocycles. The van der Waals surface area contributed by atoms with E-state index in [0.717, 1.165) is 24.8 Å². The summed E-state index contributed by atoms with van der Waals surface area (Å²) in [5.74, 6) is 0.0703. The first-order valence-corrected chi connectivity index (χ1v) is 11.2. The summed E-state index contributed by atoms with van der Waals surface area (Å²) in [5, 5.41) is 3.72. The molecule has 2 N–H and O–H groups in total. The summed E-state index contributed by atoms with van der Waals surface area (Å²) in [7, 11) is 0. The summed E-state index contributed by atoms with van der Waals surface area (Å²) in [4.78, 5) is 28.1. The van der Waals surface area contributed by atoms with Gasteiger partial charge in [0.15, 0.2) is 4.77 Å². The number of aromatic amines is 1. The zero-order valence-corrected chi connectivity index (χ0v) is 19.3. The lowest BCUT2D eigenvalue weighted by Crippen LogP contribution is -2.36. The van der Waals surface area contributed by atoms with E-state index in [1.54, 1.807) is 4.57 Å². The normalized spacial score (nSPS) is 11.6. The lowest BCUT2D eigenvalue weighted by Gasteiger charge is -2.26. The van der Waals surface area contributed by atoms with Crippen molar-refractivity contribution >= 4 is 29.0 Å². The second kappa shape index (κ2) is 10.1. The van der Waals surface area contributed by atoms with Crippen molar-refractivity contribution in [3.8, 4) is 0 Å². The van der Waals surface area contributed by atoms with Crippen LogP contribution in [0, 0.1) is 11.7 Å². The third-order valence-electron chi connectivity index (χ3n) is 5.70. The summed E-state index contributed by atoms with van der Waals surface area (Å²) in [6, 6.07) is 15.8. The van der Waals surface area contributed by atoms with Gasteiger partial charge in [-0.25, -0.2) is 0 Å². The molecule has 6 heteroatoms. The van der Waals surface area contributed by atoms with Crippen molar-refractivity contribution in [2.75, 3.05) is 6.54 Å². The molecule has 0 fully saturated rings. The van der Waals surface area contributed by atoms with Crippen LogP contribution < -0.4 is 10.9 Å². The van der Waals surface area contributed by atoms with Gasteiger partial charge in [0.2, 0.25) is 5.91 Å². The number of aryl methyl sites for hydroxylation is 1. The lowest BCUT2D eigenvalue weighted by atomic mass is 9.84. The third kappa shape index (κ3) is 5.91. The largest absolute Gasteiger partial charge is 0.355 e. The van der Waals surface area contributed by atoms with Gasteiger partial charge in [-0.05, 0) is 49.7 Å². The van der Waals surface area contributed by atoms with E-state index in [1.165, 1.54) is 11.1 Å². The number of carbonyl (C=O) groups is 1. The number of H-pyrrole nitrogens is 1. The molecular formula is C25H31N3O2S. The number of para-hydroxylation sites is 1. The first kappa shape index (κ1) is 22.9. The van der Waals surface area contributed by atoms with Crippen LogP contribution in [0.5, 0.6) is 0 Å². The third-order valence-corrected chi connectivity index (χ3v) is 6.02. The van der Waals surface area contributed by atoms with Crippen LogP contribution >= 0.6 is 12.2 Å². The Morgan fingerprint density at radius 1 is 1.10 bits per heavy atom. The second-order valence-electron chi connectivity index (χ2n) is 8.77. The molecule has 0 spiro atoms. The van der Waals surface area contributed by atoms with E-state index in [-0.39, 0.29) is 16.9 Å². The van der Waals surface area contributed by atoms with E-state index in [4.69, 9.17) is 12.2 Å². The molecule has 0 saturated carbocycles. The van der Waals surface area contributed by atoms with Crippen molar-refractivity contribution < 1.29 is 4.79 Å². The van der Waals surface area contributed by atoms with E-state index >= 15 is 0 Å². The molecular weight excluding hydrogens is 406 g/mol. The summed E-state index contributed by atoms with van der Waals surface area (Å²) >= 11 is 5.35. The fraction of sp³-hybridized carbons (Fsp3) is 0.400. The van der Waals surface area contributed by atoms with Gasteiger partial charge in [0.05, 0.1) is 10.9 Å². The summed E-state index contributed by atoms with van der Waals surface area (Å²) < 4.78 is 2.06. The fourth-order valence-corrected chi connectivity index (χ4v) is 3.99. The minimum atomic E-state index is -0.116. The Morgan fingerprint density at radius 2 is 1.87 bits per heavy atom. The molecule has 31 heavy (non-hydrogen) atoms. The molecule has 2 aromatic carbocycles. The van der Waals surface area contributed by atoms with Gasteiger partial charge in [0, 0.05) is 24.9 Å². The molecule has 3 rings (SSSR count). The predicted octanol–water partition coefficient (Wildman–Crippen LogP) is 5.02. The average molecular weight is 438 g/mol. The highest BCUT2D eigenvalue weighted by atomic mass is 32.1. The van der Waals surface area contributed by atoms with Crippen LogP contribution in [-0.2, 0) is 16.8 Å². The molecule has 0 aliphatic carbocycles. The number of nitrogens with zero attached hydrogens (tertiary/aromatic N) is 1. The molecule has 0 aliphatic rings. The first-order valence-electron chi connectivity index (χ1n) is 10.8. The van der Waals surface area contributed by atoms with Crippen molar-refractivity contribution in [2.24, 2.45) is 0 Å². The van der Waals surface area contributed by atoms with Gasteiger partial charge in [-0.15, -0.1) is 0 Å². The van der Waals surface area contributed by atoms with E-state index in [9.17, 15) is 9.59 Å². The van der Waals surface area contributed by atoms with E-state index < -0.39 is 0 Å². The smallest absolute Gasteiger partial charge is 0.262 e. The van der Waals surface area contributed by atoms with Crippen molar-refractivity contribution in [3.63, 3.8) is 0 Å². The molecule has 5 nitrogen and oxygen atoms in total. The van der Waals surface area contributed by atoms with Crippen molar-refractivity contribution in [2.45, 2.75) is 58.4 Å². The predicted molar refractivity (Wildman–Crippen MR) is 129 cm³/mol. The molecule has 1 heterocycles. The highest BCUT2D eigenvalue weighted by Crippen LogP contribution is 2.23. The Morgan fingerprint density at radius 3 is 2.65 bits per heavy atom. The van der Waals surface area contributed by atoms with Crippen LogP contribution in [0.4, 0.5) is 0 Å². The van der Waals surface area contributed by atoms with Crippen LogP contribution in [0.2, 0.25) is 0 Å². The molecule has 0 aliphatic heterocycles. The van der Waals surface area contributed by atoms with Crippen LogP contribution in [-0.4, -0.2) is 22.0 Å². The Bertz CT molecular complexity index is 1180. The maximum absolute atomic E-state index is 12.7. The average Bonchev–Trinajstić information content (AvgIpc) is 2.74. The molecule has 0 saturated heterocycles. The molecule has 0 radical (unpaired) electrons. The summed E-state index contributed by atoms with van der Waals surface area (Å²) in [6.45, 7) is 7.54. The number of carbonyl (C=O) groups excluding carboxylic acids is 1. The van der Waals surface area contributed by atoms with Gasteiger partial charge in [-0.3, -0.25) is 14.2 Å². The van der Waals surface area contributed by atoms with Crippen molar-refractivity contribution in [1.29, 1.82) is 0 Å². The van der Waals surface area contributed by atoms with Gasteiger partial charge < -0.3 is 10.3 Å². The minimum absolute atomic E-state index is 0.0597. The number of unbranched alkanes of at least 4 members (excludes halogenated alkanes) is 2. The number of benzene rings is 2. The minimum Gasteiger partial charge on any atom is -0.355 e. The van der Waals surface area contributed by atoms with Gasteiger partial charge in [-0.2, -0.15) is 0 Å². The Balaban J connectivity index is 1.44. The first-order chi connectivity index (χ1) is 14.8. The quantitative estimate of drug-likeness (QED) is 0.365. The Labute approximate surface area is 188 Å². The number of hydrogen-bond acceptors (Lipinski definition) is 3. The molecule has 0 unspecified atom stereocenters. The second-order valence-corrected chi connectivity index (χ2v) is 9.16. The maximum Gasteiger partial charge on any atom is 0.262 e. The van der Waals surface area contributed by atoms with Crippen molar-refractivity contribution in [3.05, 3.63) is 74.8 Å². The number of nitrogens with one attached hydrogen (secondary N) is 2. The zero-order valence-electron chi connectivity index (χ0n) is 18.5. The molecule has 3 aromatic rings. The van der Waals surface area contributed by atoms with Gasteiger partial charge in [-0.1, -0.05) is 62.2 Å². The zero-order chi connectivity index (χ0) is 22.4. The molecule has 0 bridgehead atoms. The van der Waals surface area contributed by atoms with Crippen LogP contribution in [0.15, 0.2) is 53.3 Å².